The summed E-state index contributed by atoms with van der Waals surface area (Å²) in [6.07, 6.45) is 4.03. The van der Waals surface area contributed by atoms with E-state index < -0.39 is 0 Å². The van der Waals surface area contributed by atoms with E-state index in [0.717, 1.165) is 12.0 Å². The maximum absolute atomic E-state index is 12.1. The smallest absolute Gasteiger partial charge is 0.193 e. The van der Waals surface area contributed by atoms with Crippen LogP contribution in [0.4, 0.5) is 0 Å². The molecule has 1 aliphatic rings. The summed E-state index contributed by atoms with van der Waals surface area (Å²) in [6, 6.07) is 1.85. The van der Waals surface area contributed by atoms with Crippen LogP contribution in [-0.2, 0) is 4.74 Å². The highest BCUT2D eigenvalue weighted by Crippen LogP contribution is 2.24. The number of rotatable bonds is 2. The van der Waals surface area contributed by atoms with Crippen LogP contribution in [0.1, 0.15) is 29.3 Å². The molecule has 0 amide bonds. The Labute approximate surface area is 89.5 Å². The molecule has 0 bridgehead atoms. The van der Waals surface area contributed by atoms with Crippen molar-refractivity contribution in [1.82, 2.24) is 4.98 Å². The van der Waals surface area contributed by atoms with Gasteiger partial charge in [-0.2, -0.15) is 0 Å². The Bertz CT molecular complexity index is 376. The summed E-state index contributed by atoms with van der Waals surface area (Å²) < 4.78 is 5.46. The highest BCUT2D eigenvalue weighted by atomic mass is 16.5. The minimum absolute atomic E-state index is 0.0746. The summed E-state index contributed by atoms with van der Waals surface area (Å²) in [4.78, 5) is 16.1. The summed E-state index contributed by atoms with van der Waals surface area (Å²) in [5.41, 5.74) is 1.66. The zero-order chi connectivity index (χ0) is 10.8. The molecule has 0 N–H and O–H groups in total. The van der Waals surface area contributed by atoms with Crippen molar-refractivity contribution in [2.75, 3.05) is 6.61 Å². The van der Waals surface area contributed by atoms with Crippen LogP contribution in [0.2, 0.25) is 0 Å². The second-order valence-corrected chi connectivity index (χ2v) is 4.11. The number of aromatic nitrogens is 1. The molecule has 2 atom stereocenters. The van der Waals surface area contributed by atoms with E-state index in [-0.39, 0.29) is 11.9 Å². The lowest BCUT2D eigenvalue weighted by molar-refractivity contribution is 0.0578. The first-order chi connectivity index (χ1) is 7.20. The number of aryl methyl sites for hydroxylation is 1. The summed E-state index contributed by atoms with van der Waals surface area (Å²) in [5, 5.41) is 0. The Hall–Kier alpha value is -1.22. The first-order valence-corrected chi connectivity index (χ1v) is 5.26. The van der Waals surface area contributed by atoms with Gasteiger partial charge in [0.05, 0.1) is 0 Å². The van der Waals surface area contributed by atoms with Crippen molar-refractivity contribution in [3.05, 3.63) is 29.6 Å². The van der Waals surface area contributed by atoms with Crippen molar-refractivity contribution in [1.29, 1.82) is 0 Å². The zero-order valence-corrected chi connectivity index (χ0v) is 9.06. The lowest BCUT2D eigenvalue weighted by atomic mass is 9.95. The minimum Gasteiger partial charge on any atom is -0.370 e. The van der Waals surface area contributed by atoms with E-state index in [1.807, 2.05) is 13.0 Å². The molecule has 15 heavy (non-hydrogen) atoms. The summed E-state index contributed by atoms with van der Waals surface area (Å²) in [6.45, 7) is 4.67. The average molecular weight is 205 g/mol. The Morgan fingerprint density at radius 1 is 1.60 bits per heavy atom. The van der Waals surface area contributed by atoms with Gasteiger partial charge in [-0.15, -0.1) is 0 Å². The number of pyridine rings is 1. The molecule has 0 spiro atoms. The lowest BCUT2D eigenvalue weighted by Gasteiger charge is -2.14. The van der Waals surface area contributed by atoms with Gasteiger partial charge in [0.1, 0.15) is 6.10 Å². The normalized spacial score (nSPS) is 25.5. The standard InChI is InChI=1S/C12H15NO2/c1-8-3-5-13-7-10(8)11(14)12-9(2)4-6-15-12/h3,5,7,9,12H,4,6H2,1-2H3. The highest BCUT2D eigenvalue weighted by Gasteiger charge is 2.32. The number of ketones is 1. The number of nitrogens with zero attached hydrogens (tertiary/aromatic N) is 1. The van der Waals surface area contributed by atoms with Crippen molar-refractivity contribution in [3.63, 3.8) is 0 Å². The average Bonchev–Trinajstić information content (AvgIpc) is 2.64. The molecular weight excluding hydrogens is 190 g/mol. The number of hydrogen-bond donors (Lipinski definition) is 0. The van der Waals surface area contributed by atoms with Gasteiger partial charge < -0.3 is 4.74 Å². The molecule has 1 aliphatic heterocycles. The molecule has 0 radical (unpaired) electrons. The van der Waals surface area contributed by atoms with Crippen LogP contribution in [0.5, 0.6) is 0 Å². The third-order valence-electron chi connectivity index (χ3n) is 2.95. The van der Waals surface area contributed by atoms with Crippen LogP contribution >= 0.6 is 0 Å². The largest absolute Gasteiger partial charge is 0.370 e. The molecule has 80 valence electrons. The van der Waals surface area contributed by atoms with Gasteiger partial charge in [-0.25, -0.2) is 0 Å². The van der Waals surface area contributed by atoms with Gasteiger partial charge in [-0.1, -0.05) is 6.92 Å². The van der Waals surface area contributed by atoms with E-state index >= 15 is 0 Å². The van der Waals surface area contributed by atoms with E-state index in [0.29, 0.717) is 18.1 Å². The summed E-state index contributed by atoms with van der Waals surface area (Å²) in [5.74, 6) is 0.391. The SMILES string of the molecule is Cc1ccncc1C(=O)C1OCCC1C. The number of hydrogen-bond acceptors (Lipinski definition) is 3. The van der Waals surface area contributed by atoms with E-state index in [2.05, 4.69) is 11.9 Å². The van der Waals surface area contributed by atoms with E-state index in [9.17, 15) is 4.79 Å². The molecule has 1 fully saturated rings. The fraction of sp³-hybridized carbons (Fsp3) is 0.500. The van der Waals surface area contributed by atoms with Gasteiger partial charge >= 0.3 is 0 Å². The summed E-state index contributed by atoms with van der Waals surface area (Å²) in [7, 11) is 0. The zero-order valence-electron chi connectivity index (χ0n) is 9.06. The van der Waals surface area contributed by atoms with Crippen molar-refractivity contribution in [2.24, 2.45) is 5.92 Å². The predicted octanol–water partition coefficient (Wildman–Crippen LogP) is 2.00. The second kappa shape index (κ2) is 4.11. The molecule has 1 aromatic heterocycles. The number of Topliss-reactive ketones (excluding diaryl/α,β-unsaturated/α-hetero) is 1. The number of ether oxygens (including phenoxy) is 1. The van der Waals surface area contributed by atoms with Crippen LogP contribution in [0.3, 0.4) is 0 Å². The fourth-order valence-corrected chi connectivity index (χ4v) is 1.91. The Morgan fingerprint density at radius 3 is 3.00 bits per heavy atom. The van der Waals surface area contributed by atoms with Gasteiger partial charge in [0.2, 0.25) is 0 Å². The molecular formula is C12H15NO2. The minimum atomic E-state index is -0.270. The maximum Gasteiger partial charge on any atom is 0.193 e. The van der Waals surface area contributed by atoms with Crippen molar-refractivity contribution in [2.45, 2.75) is 26.4 Å². The van der Waals surface area contributed by atoms with Gasteiger partial charge in [0.25, 0.3) is 0 Å². The lowest BCUT2D eigenvalue weighted by Crippen LogP contribution is -2.26. The molecule has 0 aromatic carbocycles. The van der Waals surface area contributed by atoms with E-state index in [1.165, 1.54) is 0 Å². The first kappa shape index (κ1) is 10.3. The molecule has 2 rings (SSSR count). The van der Waals surface area contributed by atoms with E-state index in [1.54, 1.807) is 12.4 Å². The highest BCUT2D eigenvalue weighted by molar-refractivity contribution is 6.00. The number of carbonyl (C=O) groups excluding carboxylic acids is 1. The molecule has 2 heterocycles. The Morgan fingerprint density at radius 2 is 2.40 bits per heavy atom. The van der Waals surface area contributed by atoms with Crippen molar-refractivity contribution < 1.29 is 9.53 Å². The van der Waals surface area contributed by atoms with Crippen LogP contribution in [0.25, 0.3) is 0 Å². The molecule has 0 saturated carbocycles. The summed E-state index contributed by atoms with van der Waals surface area (Å²) >= 11 is 0. The van der Waals surface area contributed by atoms with Gasteiger partial charge in [0.15, 0.2) is 5.78 Å². The predicted molar refractivity (Wildman–Crippen MR) is 56.8 cm³/mol. The molecule has 3 nitrogen and oxygen atoms in total. The van der Waals surface area contributed by atoms with Crippen LogP contribution in [0.15, 0.2) is 18.5 Å². The third-order valence-corrected chi connectivity index (χ3v) is 2.95. The van der Waals surface area contributed by atoms with Gasteiger partial charge in [0, 0.05) is 24.6 Å². The van der Waals surface area contributed by atoms with Crippen LogP contribution < -0.4 is 0 Å². The van der Waals surface area contributed by atoms with Gasteiger partial charge in [-0.3, -0.25) is 9.78 Å². The van der Waals surface area contributed by atoms with Crippen LogP contribution in [0, 0.1) is 12.8 Å². The molecule has 2 unspecified atom stereocenters. The fourth-order valence-electron chi connectivity index (χ4n) is 1.91. The van der Waals surface area contributed by atoms with Crippen molar-refractivity contribution in [3.8, 4) is 0 Å². The molecule has 0 aliphatic carbocycles. The van der Waals surface area contributed by atoms with Crippen LogP contribution in [-0.4, -0.2) is 23.5 Å². The topological polar surface area (TPSA) is 39.2 Å². The second-order valence-electron chi connectivity index (χ2n) is 4.11. The molecule has 1 aromatic rings. The van der Waals surface area contributed by atoms with E-state index in [4.69, 9.17) is 4.74 Å². The maximum atomic E-state index is 12.1. The molecule has 3 heteroatoms. The third kappa shape index (κ3) is 1.92. The Balaban J connectivity index is 2.24. The Kier molecular flexibility index (Phi) is 2.82. The molecule has 1 saturated heterocycles. The van der Waals surface area contributed by atoms with Crippen molar-refractivity contribution >= 4 is 5.78 Å². The first-order valence-electron chi connectivity index (χ1n) is 5.26. The number of carbonyl (C=O) groups is 1. The quantitative estimate of drug-likeness (QED) is 0.693. The van der Waals surface area contributed by atoms with Gasteiger partial charge in [-0.05, 0) is 30.9 Å². The monoisotopic (exact) mass is 205 g/mol.